The summed E-state index contributed by atoms with van der Waals surface area (Å²) < 4.78 is -2.78. The van der Waals surface area contributed by atoms with Crippen molar-refractivity contribution >= 4 is 59.0 Å². The third kappa shape index (κ3) is 8.23. The van der Waals surface area contributed by atoms with E-state index in [1.165, 1.54) is 47.0 Å². The molecule has 166 valence electrons. The molecule has 28 heavy (non-hydrogen) atoms. The molecule has 0 fully saturated rings. The molecule has 0 aliphatic rings. The van der Waals surface area contributed by atoms with Gasteiger partial charge in [0.2, 0.25) is 0 Å². The van der Waals surface area contributed by atoms with Gasteiger partial charge in [0.1, 0.15) is 0 Å². The normalized spacial score (nSPS) is 12.3. The average molecular weight is 471 g/mol. The van der Waals surface area contributed by atoms with Gasteiger partial charge in [-0.2, -0.15) is 0 Å². The van der Waals surface area contributed by atoms with Crippen LogP contribution in [0.15, 0.2) is 0 Å². The van der Waals surface area contributed by atoms with E-state index >= 15 is 0 Å². The Balaban J connectivity index is 6.13. The maximum absolute atomic E-state index is 12.7. The molecule has 0 bridgehead atoms. The molecule has 0 unspecified atom stereocenters. The highest BCUT2D eigenvalue weighted by Gasteiger charge is 2.63. The molecule has 0 aromatic carbocycles. The van der Waals surface area contributed by atoms with E-state index < -0.39 is 20.1 Å². The van der Waals surface area contributed by atoms with Gasteiger partial charge in [-0.1, -0.05) is 53.4 Å². The number of carboxylic acid groups (broad SMARTS) is 2. The number of aliphatic carboxylic acids is 2. The van der Waals surface area contributed by atoms with E-state index in [1.54, 1.807) is 0 Å². The molecule has 0 aromatic rings. The quantitative estimate of drug-likeness (QED) is 0.160. The van der Waals surface area contributed by atoms with Crippen LogP contribution in [0.2, 0.25) is 0 Å². The van der Waals surface area contributed by atoms with E-state index in [-0.39, 0.29) is 0 Å². The van der Waals surface area contributed by atoms with Crippen molar-refractivity contribution in [2.75, 3.05) is 23.0 Å². The predicted octanol–water partition coefficient (Wildman–Crippen LogP) is 6.68. The van der Waals surface area contributed by atoms with Gasteiger partial charge in [-0.05, 0) is 48.7 Å². The van der Waals surface area contributed by atoms with Crippen LogP contribution < -0.4 is 0 Å². The van der Waals surface area contributed by atoms with Gasteiger partial charge in [0.25, 0.3) is 0 Å². The van der Waals surface area contributed by atoms with Gasteiger partial charge in [0.15, 0.2) is 8.16 Å². The van der Waals surface area contributed by atoms with Crippen molar-refractivity contribution in [1.29, 1.82) is 0 Å². The second-order valence-corrected chi connectivity index (χ2v) is 12.4. The van der Waals surface area contributed by atoms with Crippen LogP contribution in [0.3, 0.4) is 0 Å². The predicted molar refractivity (Wildman–Crippen MR) is 130 cm³/mol. The Hall–Kier alpha value is 0.340. The number of unbranched alkanes of at least 4 members (excludes halogenated alkanes) is 4. The Morgan fingerprint density at radius 1 is 0.571 bits per heavy atom. The number of carboxylic acids is 2. The highest BCUT2D eigenvalue weighted by Crippen LogP contribution is 2.59. The summed E-state index contributed by atoms with van der Waals surface area (Å²) in [5.74, 6) is 0.675. The number of thioether (sulfide) groups is 4. The lowest BCUT2D eigenvalue weighted by Gasteiger charge is -2.43. The van der Waals surface area contributed by atoms with Gasteiger partial charge in [0.05, 0.1) is 0 Å². The molecule has 0 rings (SSSR count). The summed E-state index contributed by atoms with van der Waals surface area (Å²) in [7, 11) is 0. The molecule has 2 N–H and O–H groups in total. The second kappa shape index (κ2) is 16.1. The van der Waals surface area contributed by atoms with E-state index in [1.807, 2.05) is 0 Å². The number of hydrogen-bond donors (Lipinski definition) is 2. The van der Waals surface area contributed by atoms with E-state index in [0.29, 0.717) is 23.0 Å². The zero-order chi connectivity index (χ0) is 21.5. The molecule has 0 saturated heterocycles. The highest BCUT2D eigenvalue weighted by molar-refractivity contribution is 8.26. The van der Waals surface area contributed by atoms with Gasteiger partial charge in [0, 0.05) is 0 Å². The first kappa shape index (κ1) is 28.3. The van der Waals surface area contributed by atoms with Gasteiger partial charge in [-0.3, -0.25) is 0 Å². The van der Waals surface area contributed by atoms with Crippen molar-refractivity contribution in [2.45, 2.75) is 87.2 Å². The molecule has 4 nitrogen and oxygen atoms in total. The van der Waals surface area contributed by atoms with Crippen LogP contribution in [0.1, 0.15) is 79.1 Å². The average Bonchev–Trinajstić information content (AvgIpc) is 2.65. The third-order valence-corrected chi connectivity index (χ3v) is 11.7. The Bertz CT molecular complexity index is 386. The SMILES string of the molecule is CCCCSC(SCCCC)(C(=O)O)C(SCCCC)(SCCCC)C(=O)O. The Labute approximate surface area is 188 Å². The fourth-order valence-corrected chi connectivity index (χ4v) is 10.00. The maximum atomic E-state index is 12.7. The Morgan fingerprint density at radius 3 is 0.929 bits per heavy atom. The Kier molecular flexibility index (Phi) is 16.3. The second-order valence-electron chi connectivity index (χ2n) is 6.65. The summed E-state index contributed by atoms with van der Waals surface area (Å²) in [6, 6.07) is 0. The third-order valence-electron chi connectivity index (χ3n) is 4.21. The monoisotopic (exact) mass is 470 g/mol. The largest absolute Gasteiger partial charge is 0.480 e. The van der Waals surface area contributed by atoms with Crippen LogP contribution in [-0.4, -0.2) is 53.3 Å². The molecule has 0 aromatic heterocycles. The standard InChI is InChI=1S/C20H38O4S4/c1-5-9-13-25-19(17(21)22,26-14-10-6-2)20(18(23)24,27-15-11-7-3)28-16-12-8-4/h5-16H2,1-4H3,(H,21,22)(H,23,24). The van der Waals surface area contributed by atoms with Gasteiger partial charge < -0.3 is 10.2 Å². The lowest BCUT2D eigenvalue weighted by atomic mass is 10.2. The van der Waals surface area contributed by atoms with Crippen molar-refractivity contribution in [3.8, 4) is 0 Å². The van der Waals surface area contributed by atoms with Crippen LogP contribution in [0, 0.1) is 0 Å². The summed E-state index contributed by atoms with van der Waals surface area (Å²) in [5.41, 5.74) is 0. The molecule has 0 radical (unpaired) electrons. The van der Waals surface area contributed by atoms with Crippen LogP contribution >= 0.6 is 47.0 Å². The smallest absolute Gasteiger partial charge is 0.333 e. The minimum absolute atomic E-state index is 0.666. The minimum atomic E-state index is -1.39. The fraction of sp³-hybridized carbons (Fsp3) is 0.900. The van der Waals surface area contributed by atoms with Crippen molar-refractivity contribution < 1.29 is 19.8 Å². The van der Waals surface area contributed by atoms with Crippen LogP contribution in [0.5, 0.6) is 0 Å². The van der Waals surface area contributed by atoms with Crippen LogP contribution in [0.4, 0.5) is 0 Å². The van der Waals surface area contributed by atoms with Crippen LogP contribution in [0.25, 0.3) is 0 Å². The summed E-state index contributed by atoms with van der Waals surface area (Å²) in [6.45, 7) is 8.29. The van der Waals surface area contributed by atoms with Crippen LogP contribution in [-0.2, 0) is 9.59 Å². The summed E-state index contributed by atoms with van der Waals surface area (Å²) in [4.78, 5) is 25.4. The van der Waals surface area contributed by atoms with Gasteiger partial charge >= 0.3 is 11.9 Å². The van der Waals surface area contributed by atoms with Crippen molar-refractivity contribution in [3.63, 3.8) is 0 Å². The van der Waals surface area contributed by atoms with Gasteiger partial charge in [-0.25, -0.2) is 9.59 Å². The lowest BCUT2D eigenvalue weighted by molar-refractivity contribution is -0.144. The first-order chi connectivity index (χ1) is 13.4. The first-order valence-electron chi connectivity index (χ1n) is 10.4. The minimum Gasteiger partial charge on any atom is -0.480 e. The molecule has 0 amide bonds. The van der Waals surface area contributed by atoms with Gasteiger partial charge in [-0.15, -0.1) is 47.0 Å². The van der Waals surface area contributed by atoms with E-state index in [9.17, 15) is 19.8 Å². The maximum Gasteiger partial charge on any atom is 0.333 e. The molecule has 0 atom stereocenters. The zero-order valence-corrected chi connectivity index (χ0v) is 21.1. The summed E-state index contributed by atoms with van der Waals surface area (Å²) >= 11 is 5.38. The zero-order valence-electron chi connectivity index (χ0n) is 17.8. The number of rotatable bonds is 19. The van der Waals surface area contributed by atoms with E-state index in [0.717, 1.165) is 51.4 Å². The topological polar surface area (TPSA) is 74.6 Å². The fourth-order valence-electron chi connectivity index (χ4n) is 2.43. The molecular formula is C20H38O4S4. The van der Waals surface area contributed by atoms with E-state index in [4.69, 9.17) is 0 Å². The molecule has 0 heterocycles. The molecule has 0 saturated carbocycles. The summed E-state index contributed by atoms with van der Waals surface area (Å²) in [6.07, 6.45) is 7.43. The molecule has 0 aliphatic carbocycles. The van der Waals surface area contributed by atoms with Crippen molar-refractivity contribution in [3.05, 3.63) is 0 Å². The molecule has 0 aliphatic heterocycles. The van der Waals surface area contributed by atoms with Crippen molar-refractivity contribution in [2.24, 2.45) is 0 Å². The molecule has 8 heteroatoms. The molecular weight excluding hydrogens is 432 g/mol. The highest BCUT2D eigenvalue weighted by atomic mass is 32.2. The van der Waals surface area contributed by atoms with Crippen molar-refractivity contribution in [1.82, 2.24) is 0 Å². The summed E-state index contributed by atoms with van der Waals surface area (Å²) in [5, 5.41) is 20.8. The van der Waals surface area contributed by atoms with E-state index in [2.05, 4.69) is 27.7 Å². The molecule has 0 spiro atoms. The number of carbonyl (C=O) groups is 2. The lowest BCUT2D eigenvalue weighted by Crippen LogP contribution is -2.56. The number of hydrogen-bond acceptors (Lipinski definition) is 6. The Morgan fingerprint density at radius 2 is 0.786 bits per heavy atom. The first-order valence-corrected chi connectivity index (χ1v) is 14.3.